The molecule has 2 atom stereocenters. The molecule has 0 bridgehead atoms. The second-order valence-corrected chi connectivity index (χ2v) is 6.60. The van der Waals surface area contributed by atoms with E-state index in [0.29, 0.717) is 11.8 Å². The quantitative estimate of drug-likeness (QED) is 0.868. The summed E-state index contributed by atoms with van der Waals surface area (Å²) in [4.78, 5) is 0. The number of hydrogen-bond donors (Lipinski definition) is 1. The molecule has 2 unspecified atom stereocenters. The molecule has 0 amide bonds. The van der Waals surface area contributed by atoms with Gasteiger partial charge in [0.05, 0.1) is 6.07 Å². The second kappa shape index (κ2) is 5.32. The summed E-state index contributed by atoms with van der Waals surface area (Å²) in [6.45, 7) is 4.48. The van der Waals surface area contributed by atoms with Crippen LogP contribution in [0.1, 0.15) is 33.1 Å². The van der Waals surface area contributed by atoms with E-state index in [2.05, 4.69) is 41.2 Å². The molecule has 96 valence electrons. The minimum atomic E-state index is -0.405. The maximum Gasteiger partial charge on any atom is 0.125 e. The minimum absolute atomic E-state index is 0.405. The molecule has 0 radical (unpaired) electrons. The predicted octanol–water partition coefficient (Wildman–Crippen LogP) is 4.58. The first kappa shape index (κ1) is 13.4. The van der Waals surface area contributed by atoms with Crippen LogP contribution in [0.3, 0.4) is 0 Å². The van der Waals surface area contributed by atoms with Gasteiger partial charge in [-0.15, -0.1) is 0 Å². The smallest absolute Gasteiger partial charge is 0.125 e. The van der Waals surface area contributed by atoms with E-state index in [1.165, 1.54) is 6.42 Å². The lowest BCUT2D eigenvalue weighted by Crippen LogP contribution is -2.43. The molecule has 1 fully saturated rings. The highest BCUT2D eigenvalue weighted by atomic mass is 79.9. The van der Waals surface area contributed by atoms with E-state index in [4.69, 9.17) is 0 Å². The molecular formula is C15H19BrN2. The lowest BCUT2D eigenvalue weighted by Gasteiger charge is -2.39. The largest absolute Gasteiger partial charge is 0.367 e. The second-order valence-electron chi connectivity index (χ2n) is 5.68. The van der Waals surface area contributed by atoms with Gasteiger partial charge in [-0.3, -0.25) is 0 Å². The number of hydrogen-bond acceptors (Lipinski definition) is 2. The van der Waals surface area contributed by atoms with E-state index in [1.54, 1.807) is 0 Å². The van der Waals surface area contributed by atoms with E-state index >= 15 is 0 Å². The van der Waals surface area contributed by atoms with Gasteiger partial charge in [0.25, 0.3) is 0 Å². The summed E-state index contributed by atoms with van der Waals surface area (Å²) in [6, 6.07) is 10.6. The van der Waals surface area contributed by atoms with Gasteiger partial charge in [-0.2, -0.15) is 5.26 Å². The Morgan fingerprint density at radius 1 is 1.33 bits per heavy atom. The van der Waals surface area contributed by atoms with E-state index in [9.17, 15) is 5.26 Å². The number of nitrogens with one attached hydrogen (secondary N) is 1. The third kappa shape index (κ3) is 3.05. The zero-order valence-electron chi connectivity index (χ0n) is 10.9. The highest BCUT2D eigenvalue weighted by Gasteiger charge is 2.38. The number of nitrogens with zero attached hydrogens (tertiary/aromatic N) is 1. The third-order valence-corrected chi connectivity index (χ3v) is 4.11. The van der Waals surface area contributed by atoms with Crippen molar-refractivity contribution >= 4 is 21.6 Å². The Hall–Kier alpha value is -1.01. The standard InChI is InChI=1S/C15H19BrN2/c1-11-6-12(2)9-15(8-11,10-17)18-14-5-3-4-13(16)7-14/h3-5,7,11-12,18H,6,8-9H2,1-2H3. The maximum atomic E-state index is 9.58. The summed E-state index contributed by atoms with van der Waals surface area (Å²) >= 11 is 3.47. The Morgan fingerprint density at radius 3 is 2.56 bits per heavy atom. The monoisotopic (exact) mass is 306 g/mol. The number of benzene rings is 1. The van der Waals surface area contributed by atoms with Crippen molar-refractivity contribution in [2.45, 2.75) is 38.6 Å². The van der Waals surface area contributed by atoms with Crippen LogP contribution in [0.15, 0.2) is 28.7 Å². The Kier molecular flexibility index (Phi) is 3.97. The van der Waals surface area contributed by atoms with Gasteiger partial charge in [-0.25, -0.2) is 0 Å². The van der Waals surface area contributed by atoms with Crippen LogP contribution in [0, 0.1) is 23.2 Å². The average molecular weight is 307 g/mol. The normalized spacial score (nSPS) is 31.7. The molecule has 0 aliphatic heterocycles. The molecule has 2 rings (SSSR count). The van der Waals surface area contributed by atoms with Crippen LogP contribution >= 0.6 is 15.9 Å². The van der Waals surface area contributed by atoms with Crippen LogP contribution in [0.25, 0.3) is 0 Å². The molecule has 1 N–H and O–H groups in total. The van der Waals surface area contributed by atoms with Crippen LogP contribution < -0.4 is 5.32 Å². The van der Waals surface area contributed by atoms with Crippen molar-refractivity contribution in [2.24, 2.45) is 11.8 Å². The fraction of sp³-hybridized carbons (Fsp3) is 0.533. The zero-order chi connectivity index (χ0) is 13.2. The summed E-state index contributed by atoms with van der Waals surface area (Å²) in [5.74, 6) is 1.21. The van der Waals surface area contributed by atoms with Crippen LogP contribution in [0.5, 0.6) is 0 Å². The lowest BCUT2D eigenvalue weighted by atomic mass is 9.72. The zero-order valence-corrected chi connectivity index (χ0v) is 12.5. The predicted molar refractivity (Wildman–Crippen MR) is 78.3 cm³/mol. The van der Waals surface area contributed by atoms with Gasteiger partial charge in [0.2, 0.25) is 0 Å². The summed E-state index contributed by atoms with van der Waals surface area (Å²) in [5, 5.41) is 13.0. The topological polar surface area (TPSA) is 35.8 Å². The molecule has 1 aliphatic rings. The summed E-state index contributed by atoms with van der Waals surface area (Å²) in [7, 11) is 0. The van der Waals surface area contributed by atoms with Crippen LogP contribution in [-0.4, -0.2) is 5.54 Å². The van der Waals surface area contributed by atoms with Gasteiger partial charge in [0.1, 0.15) is 5.54 Å². The molecule has 1 aromatic rings. The Labute approximate surface area is 118 Å². The highest BCUT2D eigenvalue weighted by Crippen LogP contribution is 2.38. The van der Waals surface area contributed by atoms with Crippen molar-refractivity contribution < 1.29 is 0 Å². The Balaban J connectivity index is 2.21. The van der Waals surface area contributed by atoms with Crippen LogP contribution in [0.2, 0.25) is 0 Å². The number of halogens is 1. The maximum absolute atomic E-state index is 9.58. The Morgan fingerprint density at radius 2 is 2.00 bits per heavy atom. The molecule has 0 spiro atoms. The van der Waals surface area contributed by atoms with Gasteiger partial charge < -0.3 is 5.32 Å². The van der Waals surface area contributed by atoms with Crippen molar-refractivity contribution in [3.8, 4) is 6.07 Å². The van der Waals surface area contributed by atoms with E-state index < -0.39 is 5.54 Å². The third-order valence-electron chi connectivity index (χ3n) is 3.62. The molecule has 0 saturated heterocycles. The fourth-order valence-corrected chi connectivity index (χ4v) is 3.59. The van der Waals surface area contributed by atoms with Gasteiger partial charge in [0, 0.05) is 10.2 Å². The van der Waals surface area contributed by atoms with Gasteiger partial charge in [-0.05, 0) is 49.3 Å². The average Bonchev–Trinajstić information content (AvgIpc) is 2.27. The molecular weight excluding hydrogens is 288 g/mol. The summed E-state index contributed by atoms with van der Waals surface area (Å²) in [6.07, 6.45) is 3.09. The Bertz CT molecular complexity index is 454. The molecule has 0 aromatic heterocycles. The minimum Gasteiger partial charge on any atom is -0.367 e. The molecule has 3 heteroatoms. The van der Waals surface area contributed by atoms with Gasteiger partial charge in [0.15, 0.2) is 0 Å². The van der Waals surface area contributed by atoms with Crippen molar-refractivity contribution in [2.75, 3.05) is 5.32 Å². The summed E-state index contributed by atoms with van der Waals surface area (Å²) in [5.41, 5.74) is 0.616. The molecule has 1 aromatic carbocycles. The molecule has 0 heterocycles. The number of nitriles is 1. The van der Waals surface area contributed by atoms with Crippen LogP contribution in [-0.2, 0) is 0 Å². The van der Waals surface area contributed by atoms with Crippen molar-refractivity contribution in [1.82, 2.24) is 0 Å². The molecule has 1 saturated carbocycles. The van der Waals surface area contributed by atoms with E-state index in [-0.39, 0.29) is 0 Å². The highest BCUT2D eigenvalue weighted by molar-refractivity contribution is 9.10. The first-order valence-electron chi connectivity index (χ1n) is 6.48. The van der Waals surface area contributed by atoms with Gasteiger partial charge in [-0.1, -0.05) is 35.8 Å². The lowest BCUT2D eigenvalue weighted by molar-refractivity contribution is 0.240. The number of anilines is 1. The van der Waals surface area contributed by atoms with Crippen molar-refractivity contribution in [1.29, 1.82) is 5.26 Å². The first-order chi connectivity index (χ1) is 8.53. The SMILES string of the molecule is CC1CC(C)CC(C#N)(Nc2cccc(Br)c2)C1. The van der Waals surface area contributed by atoms with E-state index in [0.717, 1.165) is 23.0 Å². The van der Waals surface area contributed by atoms with E-state index in [1.807, 2.05) is 24.3 Å². The van der Waals surface area contributed by atoms with Gasteiger partial charge >= 0.3 is 0 Å². The molecule has 2 nitrogen and oxygen atoms in total. The summed E-state index contributed by atoms with van der Waals surface area (Å²) < 4.78 is 1.04. The fourth-order valence-electron chi connectivity index (χ4n) is 3.19. The van der Waals surface area contributed by atoms with Crippen molar-refractivity contribution in [3.63, 3.8) is 0 Å². The van der Waals surface area contributed by atoms with Crippen molar-refractivity contribution in [3.05, 3.63) is 28.7 Å². The molecule has 18 heavy (non-hydrogen) atoms. The first-order valence-corrected chi connectivity index (χ1v) is 7.27. The number of rotatable bonds is 2. The molecule has 1 aliphatic carbocycles. The van der Waals surface area contributed by atoms with Crippen LogP contribution in [0.4, 0.5) is 5.69 Å².